The topological polar surface area (TPSA) is 24.9 Å². The highest BCUT2D eigenvalue weighted by molar-refractivity contribution is 6.84. The van der Waals surface area contributed by atoms with Crippen molar-refractivity contribution in [3.05, 3.63) is 82.2 Å². The predicted molar refractivity (Wildman–Crippen MR) is 144 cm³/mol. The highest BCUT2D eigenvalue weighted by atomic mass is 16.7. The zero-order valence-electron chi connectivity index (χ0n) is 22.5. The Morgan fingerprint density at radius 2 is 1.03 bits per heavy atom. The Balaban J connectivity index is 1.91. The van der Waals surface area contributed by atoms with E-state index in [1.807, 2.05) is 6.08 Å². The first-order valence-corrected chi connectivity index (χ1v) is 12.2. The summed E-state index contributed by atoms with van der Waals surface area (Å²) in [7, 11) is -0.522. The predicted octanol–water partition coefficient (Wildman–Crippen LogP) is 4.79. The molecule has 1 saturated heterocycles. The van der Waals surface area contributed by atoms with Gasteiger partial charge in [-0.1, -0.05) is 57.6 Å². The Morgan fingerprint density at radius 3 is 1.44 bits per heavy atom. The first kappa shape index (κ1) is 24.7. The maximum Gasteiger partial charge on any atom is 0.613 e. The van der Waals surface area contributed by atoms with Crippen LogP contribution in [0.3, 0.4) is 0 Å². The Bertz CT molecular complexity index is 1050. The van der Waals surface area contributed by atoms with Crippen LogP contribution >= 0.6 is 0 Å². The second-order valence-electron chi connectivity index (χ2n) is 11.0. The van der Waals surface area contributed by atoms with Gasteiger partial charge in [0.05, 0.1) is 11.2 Å². The lowest BCUT2D eigenvalue weighted by atomic mass is 9.45. The van der Waals surface area contributed by atoms with Crippen molar-refractivity contribution in [1.82, 2.24) is 9.84 Å². The van der Waals surface area contributed by atoms with E-state index in [1.54, 1.807) is 0 Å². The summed E-state index contributed by atoms with van der Waals surface area (Å²) in [4.78, 5) is 4.40. The summed E-state index contributed by atoms with van der Waals surface area (Å²) in [6.07, 6.45) is 8.34. The zero-order chi connectivity index (χ0) is 25.0. The van der Waals surface area contributed by atoms with Gasteiger partial charge in [0.15, 0.2) is 0 Å². The molecule has 2 aliphatic rings. The van der Waals surface area contributed by atoms with Crippen LogP contribution in [0.15, 0.2) is 48.8 Å². The number of hydrazine groups is 1. The van der Waals surface area contributed by atoms with Crippen LogP contribution in [0.25, 0.3) is 0 Å². The summed E-state index contributed by atoms with van der Waals surface area (Å²) in [6, 6.07) is 9.15. The largest absolute Gasteiger partial charge is 0.613 e. The van der Waals surface area contributed by atoms with Gasteiger partial charge in [0.2, 0.25) is 0 Å². The van der Waals surface area contributed by atoms with Crippen molar-refractivity contribution in [2.75, 3.05) is 0 Å². The SMILES string of the molecule is Cc1cc(C)c(B(c2c(C)cc(C)cc2C)N2C=CC=CN2B2OC(C)(C)C(C)(C)O2)c(C)c1. The van der Waals surface area contributed by atoms with E-state index in [9.17, 15) is 0 Å². The molecule has 0 radical (unpaired) electrons. The average molecular weight is 456 g/mol. The van der Waals surface area contributed by atoms with Gasteiger partial charge in [-0.2, -0.15) is 0 Å². The van der Waals surface area contributed by atoms with E-state index in [-0.39, 0.29) is 6.85 Å². The number of benzene rings is 2. The highest BCUT2D eigenvalue weighted by Gasteiger charge is 2.55. The molecule has 2 heterocycles. The molecule has 4 rings (SSSR count). The molecule has 2 aromatic carbocycles. The van der Waals surface area contributed by atoms with Gasteiger partial charge in [-0.25, -0.2) is 0 Å². The van der Waals surface area contributed by atoms with Crippen molar-refractivity contribution < 1.29 is 9.31 Å². The Kier molecular flexibility index (Phi) is 6.28. The minimum atomic E-state index is -0.522. The second kappa shape index (κ2) is 8.66. The molecule has 0 atom stereocenters. The number of nitrogens with zero attached hydrogens (tertiary/aromatic N) is 2. The van der Waals surface area contributed by atoms with Crippen LogP contribution in [-0.2, 0) is 9.31 Å². The molecule has 0 spiro atoms. The Hall–Kier alpha value is -2.43. The second-order valence-corrected chi connectivity index (χ2v) is 11.0. The number of hydrogen-bond acceptors (Lipinski definition) is 4. The normalized spacial score (nSPS) is 18.7. The molecule has 0 amide bonds. The van der Waals surface area contributed by atoms with Crippen molar-refractivity contribution >= 4 is 25.0 Å². The molecule has 0 saturated carbocycles. The van der Waals surface area contributed by atoms with Crippen LogP contribution in [-0.4, -0.2) is 35.1 Å². The van der Waals surface area contributed by atoms with Crippen LogP contribution in [0.2, 0.25) is 0 Å². The highest BCUT2D eigenvalue weighted by Crippen LogP contribution is 2.38. The monoisotopic (exact) mass is 456 g/mol. The number of allylic oxidation sites excluding steroid dienone is 2. The van der Waals surface area contributed by atoms with E-state index in [1.165, 1.54) is 44.3 Å². The van der Waals surface area contributed by atoms with Gasteiger partial charge in [-0.05, 0) is 92.3 Å². The summed E-state index contributed by atoms with van der Waals surface area (Å²) >= 11 is 0. The molecule has 0 bridgehead atoms. The van der Waals surface area contributed by atoms with E-state index in [0.29, 0.717) is 0 Å². The summed E-state index contributed by atoms with van der Waals surface area (Å²) in [5.74, 6) is 0. The number of rotatable bonds is 4. The molecular weight excluding hydrogens is 418 g/mol. The van der Waals surface area contributed by atoms with Crippen LogP contribution < -0.4 is 10.9 Å². The molecular formula is C28H38B2N2O2. The standard InChI is InChI=1S/C28H38B2N2O2/c1-19-15-21(3)25(22(4)16-19)29(26-23(5)17-20(2)18-24(26)6)31-13-11-12-14-32(31)30-33-27(7,8)28(9,10)34-30/h11-18H,1-10H3. The van der Waals surface area contributed by atoms with E-state index in [0.717, 1.165) is 0 Å². The average Bonchev–Trinajstić information content (AvgIpc) is 2.92. The van der Waals surface area contributed by atoms with E-state index in [2.05, 4.69) is 122 Å². The van der Waals surface area contributed by atoms with E-state index in [4.69, 9.17) is 9.31 Å². The van der Waals surface area contributed by atoms with Gasteiger partial charge in [0, 0.05) is 12.4 Å². The lowest BCUT2D eigenvalue weighted by Crippen LogP contribution is -2.65. The lowest BCUT2D eigenvalue weighted by Gasteiger charge is -2.42. The van der Waals surface area contributed by atoms with Gasteiger partial charge >= 0.3 is 14.1 Å². The molecule has 0 aromatic heterocycles. The van der Waals surface area contributed by atoms with Crippen LogP contribution in [0.4, 0.5) is 0 Å². The molecule has 2 aliphatic heterocycles. The molecule has 34 heavy (non-hydrogen) atoms. The van der Waals surface area contributed by atoms with Gasteiger partial charge in [-0.3, -0.25) is 4.92 Å². The van der Waals surface area contributed by atoms with Crippen molar-refractivity contribution in [2.45, 2.75) is 80.4 Å². The fraction of sp³-hybridized carbons (Fsp3) is 0.429. The van der Waals surface area contributed by atoms with E-state index < -0.39 is 18.5 Å². The molecule has 2 aromatic rings. The maximum atomic E-state index is 6.49. The van der Waals surface area contributed by atoms with E-state index >= 15 is 0 Å². The van der Waals surface area contributed by atoms with Crippen LogP contribution in [0.1, 0.15) is 61.1 Å². The fourth-order valence-electron chi connectivity index (χ4n) is 5.40. The van der Waals surface area contributed by atoms with Gasteiger partial charge < -0.3 is 14.2 Å². The fourth-order valence-corrected chi connectivity index (χ4v) is 5.40. The molecule has 4 nitrogen and oxygen atoms in total. The molecule has 178 valence electrons. The van der Waals surface area contributed by atoms with Gasteiger partial charge in [0.25, 0.3) is 0 Å². The first-order chi connectivity index (χ1) is 15.8. The van der Waals surface area contributed by atoms with Crippen molar-refractivity contribution in [3.63, 3.8) is 0 Å². The van der Waals surface area contributed by atoms with Crippen molar-refractivity contribution in [3.8, 4) is 0 Å². The zero-order valence-corrected chi connectivity index (χ0v) is 22.5. The van der Waals surface area contributed by atoms with Crippen molar-refractivity contribution in [1.29, 1.82) is 0 Å². The van der Waals surface area contributed by atoms with Crippen LogP contribution in [0, 0.1) is 41.5 Å². The van der Waals surface area contributed by atoms with Gasteiger partial charge in [-0.15, -0.1) is 0 Å². The Labute approximate surface area is 206 Å². The smallest absolute Gasteiger partial charge is 0.383 e. The van der Waals surface area contributed by atoms with Crippen LogP contribution in [0.5, 0.6) is 0 Å². The molecule has 0 N–H and O–H groups in total. The number of aryl methyl sites for hydroxylation is 6. The summed E-state index contributed by atoms with van der Waals surface area (Å²) in [6.45, 7) is 21.6. The van der Waals surface area contributed by atoms with Crippen molar-refractivity contribution in [2.24, 2.45) is 0 Å². The molecule has 1 fully saturated rings. The quantitative estimate of drug-likeness (QED) is 0.618. The molecule has 6 heteroatoms. The summed E-state index contributed by atoms with van der Waals surface area (Å²) < 4.78 is 13.0. The number of hydrogen-bond donors (Lipinski definition) is 0. The third-order valence-corrected chi connectivity index (χ3v) is 7.60. The van der Waals surface area contributed by atoms with Gasteiger partial charge in [0.1, 0.15) is 0 Å². The minimum absolute atomic E-state index is 0.0265. The minimum Gasteiger partial charge on any atom is -0.383 e. The Morgan fingerprint density at radius 1 is 0.647 bits per heavy atom. The third-order valence-electron chi connectivity index (χ3n) is 7.60. The maximum absolute atomic E-state index is 6.49. The summed E-state index contributed by atoms with van der Waals surface area (Å²) in [5.41, 5.74) is 9.54. The molecule has 0 aliphatic carbocycles. The lowest BCUT2D eigenvalue weighted by molar-refractivity contribution is 0.00578. The molecule has 0 unspecified atom stereocenters. The summed E-state index contributed by atoms with van der Waals surface area (Å²) in [5, 5.41) is 0. The first-order valence-electron chi connectivity index (χ1n) is 12.2. The third kappa shape index (κ3) is 4.23.